The lowest BCUT2D eigenvalue weighted by Gasteiger charge is -2.09. The summed E-state index contributed by atoms with van der Waals surface area (Å²) in [5.74, 6) is -0.857. The van der Waals surface area contributed by atoms with Crippen molar-refractivity contribution in [2.45, 2.75) is 27.3 Å². The zero-order chi connectivity index (χ0) is 19.6. The Morgan fingerprint density at radius 3 is 2.74 bits per heavy atom. The summed E-state index contributed by atoms with van der Waals surface area (Å²) in [6, 6.07) is 3.53. The van der Waals surface area contributed by atoms with E-state index in [9.17, 15) is 9.59 Å². The lowest BCUT2D eigenvalue weighted by atomic mass is 10.1. The van der Waals surface area contributed by atoms with Gasteiger partial charge in [-0.3, -0.25) is 4.79 Å². The van der Waals surface area contributed by atoms with Gasteiger partial charge in [0.2, 0.25) is 5.78 Å². The fourth-order valence-corrected chi connectivity index (χ4v) is 3.13. The average molecular weight is 370 g/mol. The van der Waals surface area contributed by atoms with E-state index in [-0.39, 0.29) is 18.0 Å². The molecule has 0 atom stereocenters. The summed E-state index contributed by atoms with van der Waals surface area (Å²) in [7, 11) is 1.64. The van der Waals surface area contributed by atoms with E-state index in [1.165, 1.54) is 4.52 Å². The van der Waals surface area contributed by atoms with Crippen LogP contribution in [-0.2, 0) is 16.0 Å². The molecule has 0 saturated carbocycles. The van der Waals surface area contributed by atoms with Crippen LogP contribution in [-0.4, -0.2) is 51.2 Å². The van der Waals surface area contributed by atoms with Crippen LogP contribution in [0.2, 0.25) is 0 Å². The number of aryl methyl sites for hydroxylation is 2. The number of nitrogens with zero attached hydrogens (tertiary/aromatic N) is 4. The molecule has 0 N–H and O–H groups in total. The highest BCUT2D eigenvalue weighted by Crippen LogP contribution is 2.17. The highest BCUT2D eigenvalue weighted by molar-refractivity contribution is 6.02. The van der Waals surface area contributed by atoms with Gasteiger partial charge in [0.05, 0.1) is 12.3 Å². The Bertz CT molecular complexity index is 1000. The number of aromatic nitrogens is 4. The van der Waals surface area contributed by atoms with E-state index in [1.807, 2.05) is 24.5 Å². The second-order valence-electron chi connectivity index (χ2n) is 6.28. The number of hydrogen-bond acceptors (Lipinski definition) is 6. The van der Waals surface area contributed by atoms with E-state index in [4.69, 9.17) is 9.47 Å². The van der Waals surface area contributed by atoms with Crippen LogP contribution in [0.25, 0.3) is 5.65 Å². The van der Waals surface area contributed by atoms with E-state index in [0.29, 0.717) is 30.1 Å². The maximum absolute atomic E-state index is 12.6. The second kappa shape index (κ2) is 7.71. The van der Waals surface area contributed by atoms with E-state index in [1.54, 1.807) is 32.5 Å². The van der Waals surface area contributed by atoms with E-state index in [0.717, 1.165) is 11.4 Å². The summed E-state index contributed by atoms with van der Waals surface area (Å²) < 4.78 is 13.9. The minimum atomic E-state index is -0.609. The molecule has 3 heterocycles. The standard InChI is InChI=1S/C19H22N4O4/c1-12-10-15(14(3)22(12)8-9-26-4)16(24)11-27-19(25)17-13(2)21-23-7-5-6-20-18(17)23/h5-7,10H,8-9,11H2,1-4H3. The van der Waals surface area contributed by atoms with Crippen LogP contribution < -0.4 is 0 Å². The van der Waals surface area contributed by atoms with Gasteiger partial charge in [0.1, 0.15) is 5.56 Å². The van der Waals surface area contributed by atoms with Crippen molar-refractivity contribution in [3.8, 4) is 0 Å². The third-order valence-electron chi connectivity index (χ3n) is 4.50. The minimum absolute atomic E-state index is 0.248. The molecule has 0 aliphatic heterocycles. The molecular formula is C19H22N4O4. The highest BCUT2D eigenvalue weighted by Gasteiger charge is 2.22. The first-order chi connectivity index (χ1) is 12.9. The van der Waals surface area contributed by atoms with Gasteiger partial charge in [0.15, 0.2) is 12.3 Å². The first-order valence-electron chi connectivity index (χ1n) is 8.60. The molecule has 3 rings (SSSR count). The van der Waals surface area contributed by atoms with Gasteiger partial charge < -0.3 is 14.0 Å². The van der Waals surface area contributed by atoms with Crippen molar-refractivity contribution in [2.24, 2.45) is 0 Å². The summed E-state index contributed by atoms with van der Waals surface area (Å²) >= 11 is 0. The van der Waals surface area contributed by atoms with Gasteiger partial charge in [-0.25, -0.2) is 14.3 Å². The SMILES string of the molecule is COCCn1c(C)cc(C(=O)COC(=O)c2c(C)nn3cccnc23)c1C. The summed E-state index contributed by atoms with van der Waals surface area (Å²) in [5.41, 5.74) is 3.52. The van der Waals surface area contributed by atoms with Crippen LogP contribution in [0.15, 0.2) is 24.5 Å². The van der Waals surface area contributed by atoms with Gasteiger partial charge in [-0.2, -0.15) is 5.10 Å². The van der Waals surface area contributed by atoms with Crippen molar-refractivity contribution in [3.05, 3.63) is 52.7 Å². The summed E-state index contributed by atoms with van der Waals surface area (Å²) in [5, 5.41) is 4.23. The van der Waals surface area contributed by atoms with Crippen molar-refractivity contribution in [3.63, 3.8) is 0 Å². The third-order valence-corrected chi connectivity index (χ3v) is 4.50. The Morgan fingerprint density at radius 1 is 1.22 bits per heavy atom. The Labute approximate surface area is 156 Å². The van der Waals surface area contributed by atoms with E-state index < -0.39 is 5.97 Å². The monoisotopic (exact) mass is 370 g/mol. The number of ketones is 1. The van der Waals surface area contributed by atoms with Gasteiger partial charge in [0, 0.05) is 43.0 Å². The number of rotatable bonds is 7. The average Bonchev–Trinajstić information content (AvgIpc) is 3.13. The van der Waals surface area contributed by atoms with Gasteiger partial charge in [-0.15, -0.1) is 0 Å². The van der Waals surface area contributed by atoms with Gasteiger partial charge >= 0.3 is 5.97 Å². The fraction of sp³-hybridized carbons (Fsp3) is 0.368. The molecular weight excluding hydrogens is 348 g/mol. The maximum Gasteiger partial charge on any atom is 0.344 e. The molecule has 3 aromatic rings. The smallest absolute Gasteiger partial charge is 0.344 e. The number of hydrogen-bond donors (Lipinski definition) is 0. The predicted molar refractivity (Wildman–Crippen MR) is 98.1 cm³/mol. The number of methoxy groups -OCH3 is 1. The molecule has 0 fully saturated rings. The lowest BCUT2D eigenvalue weighted by molar-refractivity contribution is 0.0475. The highest BCUT2D eigenvalue weighted by atomic mass is 16.5. The van der Waals surface area contributed by atoms with Crippen LogP contribution in [0, 0.1) is 20.8 Å². The van der Waals surface area contributed by atoms with Crippen molar-refractivity contribution in [1.82, 2.24) is 19.2 Å². The summed E-state index contributed by atoms with van der Waals surface area (Å²) in [6.07, 6.45) is 3.28. The molecule has 0 radical (unpaired) electrons. The van der Waals surface area contributed by atoms with E-state index in [2.05, 4.69) is 10.1 Å². The summed E-state index contributed by atoms with van der Waals surface area (Å²) in [4.78, 5) is 29.2. The molecule has 0 bridgehead atoms. The molecule has 0 aliphatic carbocycles. The largest absolute Gasteiger partial charge is 0.454 e. The van der Waals surface area contributed by atoms with Crippen LogP contribution >= 0.6 is 0 Å². The predicted octanol–water partition coefficient (Wildman–Crippen LogP) is 2.14. The van der Waals surface area contributed by atoms with Crippen molar-refractivity contribution in [2.75, 3.05) is 20.3 Å². The molecule has 0 spiro atoms. The second-order valence-corrected chi connectivity index (χ2v) is 6.28. The van der Waals surface area contributed by atoms with Crippen molar-refractivity contribution < 1.29 is 19.1 Å². The van der Waals surface area contributed by atoms with Gasteiger partial charge in [-0.1, -0.05) is 0 Å². The maximum atomic E-state index is 12.6. The van der Waals surface area contributed by atoms with Crippen molar-refractivity contribution in [1.29, 1.82) is 0 Å². The number of ether oxygens (including phenoxy) is 2. The number of esters is 1. The Hall–Kier alpha value is -3.00. The molecule has 0 amide bonds. The number of carbonyl (C=O) groups excluding carboxylic acids is 2. The summed E-state index contributed by atoms with van der Waals surface area (Å²) in [6.45, 7) is 6.39. The normalized spacial score (nSPS) is 11.1. The molecule has 0 aromatic carbocycles. The molecule has 27 heavy (non-hydrogen) atoms. The lowest BCUT2D eigenvalue weighted by Crippen LogP contribution is -2.16. The fourth-order valence-electron chi connectivity index (χ4n) is 3.13. The Balaban J connectivity index is 1.74. The number of Topliss-reactive ketones (excluding diaryl/α,β-unsaturated/α-hetero) is 1. The van der Waals surface area contributed by atoms with E-state index >= 15 is 0 Å². The molecule has 8 heteroatoms. The Kier molecular flexibility index (Phi) is 5.36. The van der Waals surface area contributed by atoms with Crippen LogP contribution in [0.1, 0.15) is 37.8 Å². The quantitative estimate of drug-likeness (QED) is 0.468. The first kappa shape index (κ1) is 18.8. The topological polar surface area (TPSA) is 87.7 Å². The first-order valence-corrected chi connectivity index (χ1v) is 8.60. The number of carbonyl (C=O) groups is 2. The van der Waals surface area contributed by atoms with Crippen LogP contribution in [0.5, 0.6) is 0 Å². The molecule has 0 saturated heterocycles. The van der Waals surface area contributed by atoms with Crippen molar-refractivity contribution >= 4 is 17.4 Å². The molecule has 0 unspecified atom stereocenters. The van der Waals surface area contributed by atoms with Crippen LogP contribution in [0.3, 0.4) is 0 Å². The zero-order valence-corrected chi connectivity index (χ0v) is 15.9. The number of fused-ring (bicyclic) bond motifs is 1. The molecule has 0 aliphatic rings. The van der Waals surface area contributed by atoms with Gasteiger partial charge in [0.25, 0.3) is 0 Å². The van der Waals surface area contributed by atoms with Gasteiger partial charge in [-0.05, 0) is 32.9 Å². The van der Waals surface area contributed by atoms with Crippen LogP contribution in [0.4, 0.5) is 0 Å². The third kappa shape index (κ3) is 3.61. The molecule has 142 valence electrons. The molecule has 8 nitrogen and oxygen atoms in total. The minimum Gasteiger partial charge on any atom is -0.454 e. The molecule has 3 aromatic heterocycles. The Morgan fingerprint density at radius 2 is 2.00 bits per heavy atom. The zero-order valence-electron chi connectivity index (χ0n) is 15.9.